The van der Waals surface area contributed by atoms with Crippen LogP contribution in [0.3, 0.4) is 0 Å². The average Bonchev–Trinajstić information content (AvgIpc) is 3.72. The van der Waals surface area contributed by atoms with Crippen molar-refractivity contribution in [2.45, 2.75) is 39.1 Å². The minimum Gasteiger partial charge on any atom is -0.494 e. The maximum Gasteiger partial charge on any atom is 0.228 e. The highest BCUT2D eigenvalue weighted by Crippen LogP contribution is 2.49. The number of ketones is 1. The summed E-state index contributed by atoms with van der Waals surface area (Å²) in [6.07, 6.45) is 7.05. The van der Waals surface area contributed by atoms with E-state index in [-0.39, 0.29) is 34.9 Å². The standard InChI is InChI=1S/C25H27N7O3/c1-5-17(33)15-11-28-19(31-25(34)14-6-7-14)10-16(15)30-24-23-20(18(35-4)12-29-24)22-21(13(2)32(23)3)26-8-9-27-22/h8-14H,5-7H2,1-4H3,(H2,28,29,30,31,34)/t13-/m0/s1/i1D3. The lowest BCUT2D eigenvalue weighted by atomic mass is 9.97. The summed E-state index contributed by atoms with van der Waals surface area (Å²) in [5.41, 5.74) is 3.12. The fourth-order valence-corrected chi connectivity index (χ4v) is 4.17. The van der Waals surface area contributed by atoms with E-state index in [9.17, 15) is 9.59 Å². The zero-order valence-electron chi connectivity index (χ0n) is 22.6. The number of hydrogen-bond donors (Lipinski definition) is 2. The van der Waals surface area contributed by atoms with Crippen molar-refractivity contribution in [2.75, 3.05) is 29.7 Å². The van der Waals surface area contributed by atoms with Gasteiger partial charge < -0.3 is 20.3 Å². The fraction of sp³-hybridized carbons (Fsp3) is 0.360. The van der Waals surface area contributed by atoms with Crippen LogP contribution in [0, 0.1) is 5.92 Å². The quantitative estimate of drug-likeness (QED) is 0.484. The van der Waals surface area contributed by atoms with Gasteiger partial charge in [0.05, 0.1) is 53.2 Å². The second-order valence-electron chi connectivity index (χ2n) is 8.58. The van der Waals surface area contributed by atoms with E-state index >= 15 is 0 Å². The molecule has 1 aliphatic carbocycles. The van der Waals surface area contributed by atoms with E-state index in [1.807, 2.05) is 18.9 Å². The maximum absolute atomic E-state index is 13.0. The highest BCUT2D eigenvalue weighted by Gasteiger charge is 2.34. The SMILES string of the molecule is [2H]C([2H])([2H])CC(=O)c1cnc(NC(=O)C2CC2)cc1Nc1ncc(OC)c2c1N(C)[C@@H](C)c1nccnc1-2. The molecule has 10 heteroatoms. The molecule has 1 fully saturated rings. The summed E-state index contributed by atoms with van der Waals surface area (Å²) in [7, 11) is 3.43. The summed E-state index contributed by atoms with van der Waals surface area (Å²) in [6, 6.07) is 1.37. The molecule has 1 atom stereocenters. The van der Waals surface area contributed by atoms with Crippen LogP contribution in [0.1, 0.15) is 59.2 Å². The molecule has 1 amide bonds. The average molecular weight is 477 g/mol. The number of ether oxygens (including phenoxy) is 1. The molecule has 1 aliphatic heterocycles. The molecule has 0 bridgehead atoms. The summed E-state index contributed by atoms with van der Waals surface area (Å²) in [6.45, 7) is -0.467. The van der Waals surface area contributed by atoms with Crippen LogP contribution in [0.15, 0.2) is 30.9 Å². The molecular formula is C25H27N7O3. The maximum atomic E-state index is 13.0. The lowest BCUT2D eigenvalue weighted by molar-refractivity contribution is -0.117. The minimum absolute atomic E-state index is 0.0448. The van der Waals surface area contributed by atoms with Crippen LogP contribution >= 0.6 is 0 Å². The number of fused-ring (bicyclic) bond motifs is 3. The van der Waals surface area contributed by atoms with Crippen LogP contribution in [0.5, 0.6) is 5.75 Å². The smallest absolute Gasteiger partial charge is 0.228 e. The molecule has 10 nitrogen and oxygen atoms in total. The van der Waals surface area contributed by atoms with Gasteiger partial charge in [-0.25, -0.2) is 9.97 Å². The second-order valence-corrected chi connectivity index (χ2v) is 8.58. The number of nitrogens with zero attached hydrogens (tertiary/aromatic N) is 5. The van der Waals surface area contributed by atoms with Gasteiger partial charge in [-0.3, -0.25) is 19.6 Å². The number of amides is 1. The number of rotatable bonds is 7. The van der Waals surface area contributed by atoms with E-state index in [1.54, 1.807) is 25.7 Å². The first kappa shape index (κ1) is 19.2. The van der Waals surface area contributed by atoms with Gasteiger partial charge in [0.2, 0.25) is 5.91 Å². The summed E-state index contributed by atoms with van der Waals surface area (Å²) in [5.74, 6) is 0.331. The van der Waals surface area contributed by atoms with Crippen molar-refractivity contribution < 1.29 is 18.4 Å². The number of nitrogens with one attached hydrogen (secondary N) is 2. The molecule has 0 unspecified atom stereocenters. The highest BCUT2D eigenvalue weighted by molar-refractivity contribution is 6.03. The van der Waals surface area contributed by atoms with Gasteiger partial charge in [-0.1, -0.05) is 6.85 Å². The highest BCUT2D eigenvalue weighted by atomic mass is 16.5. The zero-order chi connectivity index (χ0) is 27.2. The van der Waals surface area contributed by atoms with Crippen LogP contribution < -0.4 is 20.3 Å². The van der Waals surface area contributed by atoms with Crippen molar-refractivity contribution in [3.05, 3.63) is 42.1 Å². The van der Waals surface area contributed by atoms with Crippen molar-refractivity contribution in [3.8, 4) is 17.0 Å². The van der Waals surface area contributed by atoms with E-state index in [4.69, 9.17) is 8.85 Å². The third-order valence-electron chi connectivity index (χ3n) is 6.35. The van der Waals surface area contributed by atoms with E-state index in [2.05, 4.69) is 30.6 Å². The molecule has 0 spiro atoms. The third kappa shape index (κ3) is 4.05. The molecule has 2 aliphatic rings. The number of pyridine rings is 2. The van der Waals surface area contributed by atoms with Crippen LogP contribution in [0.2, 0.25) is 0 Å². The number of carbonyl (C=O) groups excluding carboxylic acids is 2. The lowest BCUT2D eigenvalue weighted by Gasteiger charge is -2.35. The van der Waals surface area contributed by atoms with Crippen LogP contribution in [0.25, 0.3) is 11.3 Å². The van der Waals surface area contributed by atoms with E-state index in [0.29, 0.717) is 28.5 Å². The molecule has 3 aromatic heterocycles. The number of methoxy groups -OCH3 is 1. The Kier molecular flexibility index (Phi) is 4.91. The largest absolute Gasteiger partial charge is 0.494 e. The van der Waals surface area contributed by atoms with Gasteiger partial charge in [0.15, 0.2) is 11.6 Å². The lowest BCUT2D eigenvalue weighted by Crippen LogP contribution is -2.29. The zero-order valence-corrected chi connectivity index (χ0v) is 19.6. The predicted octanol–water partition coefficient (Wildman–Crippen LogP) is 4.14. The van der Waals surface area contributed by atoms with Gasteiger partial charge in [0.25, 0.3) is 0 Å². The number of Topliss-reactive ketones (excluding diaryl/α,β-unsaturated/α-hetero) is 1. The first-order valence-corrected chi connectivity index (χ1v) is 11.3. The molecule has 0 saturated heterocycles. The normalized spacial score (nSPS) is 17.9. The van der Waals surface area contributed by atoms with Gasteiger partial charge >= 0.3 is 0 Å². The van der Waals surface area contributed by atoms with E-state index in [0.717, 1.165) is 18.5 Å². The molecule has 35 heavy (non-hydrogen) atoms. The predicted molar refractivity (Wildman–Crippen MR) is 132 cm³/mol. The van der Waals surface area contributed by atoms with E-state index < -0.39 is 19.1 Å². The molecule has 3 aromatic rings. The van der Waals surface area contributed by atoms with Crippen molar-refractivity contribution >= 4 is 34.7 Å². The summed E-state index contributed by atoms with van der Waals surface area (Å²) in [5, 5.41) is 5.98. The second kappa shape index (κ2) is 8.94. The number of carbonyl (C=O) groups is 2. The van der Waals surface area contributed by atoms with Crippen molar-refractivity contribution in [1.82, 2.24) is 19.9 Å². The topological polar surface area (TPSA) is 122 Å². The molecule has 1 saturated carbocycles. The summed E-state index contributed by atoms with van der Waals surface area (Å²) >= 11 is 0. The monoisotopic (exact) mass is 476 g/mol. The van der Waals surface area contributed by atoms with Gasteiger partial charge in [-0.15, -0.1) is 0 Å². The molecule has 5 rings (SSSR count). The van der Waals surface area contributed by atoms with Crippen molar-refractivity contribution in [2.24, 2.45) is 5.92 Å². The minimum atomic E-state index is -2.46. The Hall–Kier alpha value is -4.08. The number of anilines is 4. The fourth-order valence-electron chi connectivity index (χ4n) is 4.17. The van der Waals surface area contributed by atoms with Crippen molar-refractivity contribution in [1.29, 1.82) is 0 Å². The van der Waals surface area contributed by atoms with Gasteiger partial charge in [-0.2, -0.15) is 0 Å². The van der Waals surface area contributed by atoms with Gasteiger partial charge in [0, 0.05) is 48.2 Å². The molecule has 0 aromatic carbocycles. The van der Waals surface area contributed by atoms with Crippen LogP contribution in [0.4, 0.5) is 23.0 Å². The molecule has 180 valence electrons. The Morgan fingerprint density at radius 2 is 2.00 bits per heavy atom. The van der Waals surface area contributed by atoms with E-state index in [1.165, 1.54) is 12.3 Å². The van der Waals surface area contributed by atoms with Crippen LogP contribution in [-0.2, 0) is 4.79 Å². The molecular weight excluding hydrogens is 446 g/mol. The Labute approximate surface area is 207 Å². The Balaban J connectivity index is 1.61. The summed E-state index contributed by atoms with van der Waals surface area (Å²) in [4.78, 5) is 45.2. The Bertz CT molecular complexity index is 1430. The Morgan fingerprint density at radius 1 is 1.20 bits per heavy atom. The Morgan fingerprint density at radius 3 is 2.74 bits per heavy atom. The van der Waals surface area contributed by atoms with Gasteiger partial charge in [0.1, 0.15) is 11.6 Å². The summed E-state index contributed by atoms with van der Waals surface area (Å²) < 4.78 is 28.3. The number of hydrogen-bond acceptors (Lipinski definition) is 9. The van der Waals surface area contributed by atoms with Crippen molar-refractivity contribution in [3.63, 3.8) is 0 Å². The molecule has 4 heterocycles. The van der Waals surface area contributed by atoms with Crippen LogP contribution in [-0.4, -0.2) is 45.8 Å². The van der Waals surface area contributed by atoms with Gasteiger partial charge in [-0.05, 0) is 19.8 Å². The third-order valence-corrected chi connectivity index (χ3v) is 6.35. The molecule has 0 radical (unpaired) electrons. The first-order chi connectivity index (χ1) is 18.1. The number of aromatic nitrogens is 4. The molecule has 2 N–H and O–H groups in total. The first-order valence-electron chi connectivity index (χ1n) is 12.8.